The second-order valence-corrected chi connectivity index (χ2v) is 6.46. The Hall–Kier alpha value is -0.870. The lowest BCUT2D eigenvalue weighted by Crippen LogP contribution is -2.43. The van der Waals surface area contributed by atoms with Crippen LogP contribution in [0.15, 0.2) is 22.7 Å². The molecule has 3 nitrogen and oxygen atoms in total. The van der Waals surface area contributed by atoms with Gasteiger partial charge in [-0.05, 0) is 44.9 Å². The number of aryl methyl sites for hydroxylation is 1. The van der Waals surface area contributed by atoms with Crippen LogP contribution < -0.4 is 0 Å². The van der Waals surface area contributed by atoms with Gasteiger partial charge in [-0.15, -0.1) is 0 Å². The summed E-state index contributed by atoms with van der Waals surface area (Å²) in [6.45, 7) is 6.33. The fourth-order valence-corrected chi connectivity index (χ4v) is 2.90. The number of aliphatic hydroxyl groups excluding tert-OH is 1. The number of aliphatic hydroxyl groups is 1. The van der Waals surface area contributed by atoms with Gasteiger partial charge in [-0.1, -0.05) is 22.0 Å². The summed E-state index contributed by atoms with van der Waals surface area (Å²) in [4.78, 5) is 14.3. The minimum absolute atomic E-state index is 0.00431. The van der Waals surface area contributed by atoms with Crippen molar-refractivity contribution in [1.82, 2.24) is 4.90 Å². The van der Waals surface area contributed by atoms with Crippen molar-refractivity contribution in [2.75, 3.05) is 6.54 Å². The van der Waals surface area contributed by atoms with Crippen molar-refractivity contribution >= 4 is 21.8 Å². The molecule has 1 aliphatic rings. The number of amides is 1. The Balaban J connectivity index is 2.34. The van der Waals surface area contributed by atoms with E-state index >= 15 is 0 Å². The van der Waals surface area contributed by atoms with E-state index in [1.54, 1.807) is 4.90 Å². The lowest BCUT2D eigenvalue weighted by Gasteiger charge is -2.31. The normalized spacial score (nSPS) is 22.3. The molecule has 1 heterocycles. The first-order valence-electron chi connectivity index (χ1n) is 6.07. The molecule has 98 valence electrons. The van der Waals surface area contributed by atoms with Crippen LogP contribution in [0.3, 0.4) is 0 Å². The van der Waals surface area contributed by atoms with E-state index in [0.717, 1.165) is 10.0 Å². The minimum Gasteiger partial charge on any atom is -0.391 e. The molecule has 1 aromatic rings. The predicted molar refractivity (Wildman–Crippen MR) is 74.6 cm³/mol. The standard InChI is InChI=1S/C14H18BrNO2/c1-9-4-5-10(15)6-12(9)13(18)16-8-11(17)7-14(16,2)3/h4-6,11,17H,7-8H2,1-3H3. The first-order chi connectivity index (χ1) is 8.31. The fourth-order valence-electron chi connectivity index (χ4n) is 2.54. The smallest absolute Gasteiger partial charge is 0.254 e. The second kappa shape index (κ2) is 4.67. The van der Waals surface area contributed by atoms with Gasteiger partial charge in [0.25, 0.3) is 5.91 Å². The SMILES string of the molecule is Cc1ccc(Br)cc1C(=O)N1CC(O)CC1(C)C. The monoisotopic (exact) mass is 311 g/mol. The number of likely N-dealkylation sites (tertiary alicyclic amines) is 1. The summed E-state index contributed by atoms with van der Waals surface area (Å²) in [5, 5.41) is 9.75. The van der Waals surface area contributed by atoms with Gasteiger partial charge < -0.3 is 10.0 Å². The maximum atomic E-state index is 12.6. The lowest BCUT2D eigenvalue weighted by atomic mass is 9.99. The number of β-amino-alcohol motifs (C(OH)–C–C–N with tert-alkyl or cyclic N) is 1. The first kappa shape index (κ1) is 13.6. The number of carbonyl (C=O) groups excluding carboxylic acids is 1. The Morgan fingerprint density at radius 2 is 2.17 bits per heavy atom. The average Bonchev–Trinajstić information content (AvgIpc) is 2.54. The third-order valence-electron chi connectivity index (χ3n) is 3.53. The third kappa shape index (κ3) is 2.45. The van der Waals surface area contributed by atoms with Crippen LogP contribution in [-0.2, 0) is 0 Å². The molecule has 18 heavy (non-hydrogen) atoms. The van der Waals surface area contributed by atoms with E-state index in [0.29, 0.717) is 18.5 Å². The van der Waals surface area contributed by atoms with Crippen LogP contribution in [0.25, 0.3) is 0 Å². The van der Waals surface area contributed by atoms with E-state index in [9.17, 15) is 9.90 Å². The Labute approximate surface area is 116 Å². The molecule has 0 aromatic heterocycles. The van der Waals surface area contributed by atoms with Gasteiger partial charge in [-0.2, -0.15) is 0 Å². The Bertz CT molecular complexity index is 485. The molecule has 0 spiro atoms. The average molecular weight is 312 g/mol. The van der Waals surface area contributed by atoms with E-state index in [1.807, 2.05) is 39.0 Å². The molecule has 2 rings (SSSR count). The summed E-state index contributed by atoms with van der Waals surface area (Å²) in [7, 11) is 0. The molecule has 4 heteroatoms. The first-order valence-corrected chi connectivity index (χ1v) is 6.87. The number of nitrogens with zero attached hydrogens (tertiary/aromatic N) is 1. The summed E-state index contributed by atoms with van der Waals surface area (Å²) >= 11 is 3.39. The highest BCUT2D eigenvalue weighted by molar-refractivity contribution is 9.10. The second-order valence-electron chi connectivity index (χ2n) is 5.55. The van der Waals surface area contributed by atoms with E-state index in [-0.39, 0.29) is 11.4 Å². The number of hydrogen-bond acceptors (Lipinski definition) is 2. The van der Waals surface area contributed by atoms with Crippen LogP contribution in [0.2, 0.25) is 0 Å². The molecule has 1 aromatic carbocycles. The fraction of sp³-hybridized carbons (Fsp3) is 0.500. The molecule has 1 amide bonds. The van der Waals surface area contributed by atoms with Gasteiger partial charge in [0.15, 0.2) is 0 Å². The minimum atomic E-state index is -0.420. The summed E-state index contributed by atoms with van der Waals surface area (Å²) in [6, 6.07) is 5.70. The highest BCUT2D eigenvalue weighted by atomic mass is 79.9. The highest BCUT2D eigenvalue weighted by Gasteiger charge is 2.40. The van der Waals surface area contributed by atoms with E-state index < -0.39 is 6.10 Å². The van der Waals surface area contributed by atoms with Crippen molar-refractivity contribution in [2.24, 2.45) is 0 Å². The lowest BCUT2D eigenvalue weighted by molar-refractivity contribution is 0.0640. The maximum absolute atomic E-state index is 12.6. The number of benzene rings is 1. The summed E-state index contributed by atoms with van der Waals surface area (Å²) in [5.74, 6) is -0.00431. The number of carbonyl (C=O) groups is 1. The van der Waals surface area contributed by atoms with Crippen molar-refractivity contribution in [2.45, 2.75) is 38.8 Å². The van der Waals surface area contributed by atoms with Gasteiger partial charge in [0.05, 0.1) is 6.10 Å². The number of halogens is 1. The Morgan fingerprint density at radius 1 is 1.50 bits per heavy atom. The van der Waals surface area contributed by atoms with Gasteiger partial charge in [0.2, 0.25) is 0 Å². The quantitative estimate of drug-likeness (QED) is 0.866. The molecule has 1 saturated heterocycles. The van der Waals surface area contributed by atoms with Crippen molar-refractivity contribution < 1.29 is 9.90 Å². The summed E-state index contributed by atoms with van der Waals surface area (Å²) < 4.78 is 0.897. The molecule has 1 atom stereocenters. The van der Waals surface area contributed by atoms with Crippen molar-refractivity contribution in [3.63, 3.8) is 0 Å². The van der Waals surface area contributed by atoms with Gasteiger partial charge in [-0.3, -0.25) is 4.79 Å². The molecule has 0 bridgehead atoms. The van der Waals surface area contributed by atoms with Crippen LogP contribution in [0.4, 0.5) is 0 Å². The molecular formula is C14H18BrNO2. The zero-order chi connectivity index (χ0) is 13.5. The number of hydrogen-bond donors (Lipinski definition) is 1. The van der Waals surface area contributed by atoms with Gasteiger partial charge >= 0.3 is 0 Å². The van der Waals surface area contributed by atoms with E-state index in [2.05, 4.69) is 15.9 Å². The zero-order valence-electron chi connectivity index (χ0n) is 10.9. The maximum Gasteiger partial charge on any atom is 0.254 e. The Kier molecular flexibility index (Phi) is 3.52. The molecule has 0 radical (unpaired) electrons. The zero-order valence-corrected chi connectivity index (χ0v) is 12.5. The highest BCUT2D eigenvalue weighted by Crippen LogP contribution is 2.31. The molecule has 0 saturated carbocycles. The van der Waals surface area contributed by atoms with E-state index in [4.69, 9.17) is 0 Å². The molecule has 1 fully saturated rings. The summed E-state index contributed by atoms with van der Waals surface area (Å²) in [6.07, 6.45) is 0.211. The van der Waals surface area contributed by atoms with Crippen LogP contribution in [-0.4, -0.2) is 34.1 Å². The molecule has 1 aliphatic heterocycles. The largest absolute Gasteiger partial charge is 0.391 e. The molecule has 1 N–H and O–H groups in total. The van der Waals surface area contributed by atoms with Crippen LogP contribution in [0.1, 0.15) is 36.2 Å². The number of rotatable bonds is 1. The molecule has 1 unspecified atom stereocenters. The van der Waals surface area contributed by atoms with Crippen molar-refractivity contribution in [1.29, 1.82) is 0 Å². The van der Waals surface area contributed by atoms with Crippen molar-refractivity contribution in [3.05, 3.63) is 33.8 Å². The summed E-state index contributed by atoms with van der Waals surface area (Å²) in [5.41, 5.74) is 1.37. The molecular weight excluding hydrogens is 294 g/mol. The van der Waals surface area contributed by atoms with Crippen molar-refractivity contribution in [3.8, 4) is 0 Å². The van der Waals surface area contributed by atoms with E-state index in [1.165, 1.54) is 0 Å². The van der Waals surface area contributed by atoms with Crippen LogP contribution >= 0.6 is 15.9 Å². The van der Waals surface area contributed by atoms with Gasteiger partial charge in [0, 0.05) is 22.1 Å². The van der Waals surface area contributed by atoms with Gasteiger partial charge in [-0.25, -0.2) is 0 Å². The predicted octanol–water partition coefficient (Wildman–Crippen LogP) is 2.74. The third-order valence-corrected chi connectivity index (χ3v) is 4.03. The van der Waals surface area contributed by atoms with Gasteiger partial charge in [0.1, 0.15) is 0 Å². The molecule has 0 aliphatic carbocycles. The van der Waals surface area contributed by atoms with Crippen LogP contribution in [0, 0.1) is 6.92 Å². The van der Waals surface area contributed by atoms with Crippen LogP contribution in [0.5, 0.6) is 0 Å². The Morgan fingerprint density at radius 3 is 2.72 bits per heavy atom. The topological polar surface area (TPSA) is 40.5 Å².